The van der Waals surface area contributed by atoms with Crippen LogP contribution in [0.15, 0.2) is 48.5 Å². The third-order valence-electron chi connectivity index (χ3n) is 6.71. The Bertz CT molecular complexity index is 999. The van der Waals surface area contributed by atoms with E-state index < -0.39 is 6.09 Å². The summed E-state index contributed by atoms with van der Waals surface area (Å²) in [5, 5.41) is 12.7. The average molecular weight is 468 g/mol. The number of likely N-dealkylation sites (N-methyl/N-ethyl adjacent to an activating group) is 1. The number of methoxy groups -OCH3 is 1. The van der Waals surface area contributed by atoms with Crippen LogP contribution >= 0.6 is 0 Å². The van der Waals surface area contributed by atoms with Crippen LogP contribution in [-0.2, 0) is 16.1 Å². The molecular weight excluding hydrogens is 434 g/mol. The maximum absolute atomic E-state index is 13.9. The number of carbonyl (C=O) groups is 2. The van der Waals surface area contributed by atoms with Gasteiger partial charge in [-0.3, -0.25) is 9.69 Å². The molecule has 2 N–H and O–H groups in total. The molecule has 2 aliphatic rings. The highest BCUT2D eigenvalue weighted by atomic mass is 16.5. The third kappa shape index (κ3) is 5.51. The van der Waals surface area contributed by atoms with Gasteiger partial charge in [0.15, 0.2) is 0 Å². The van der Waals surface area contributed by atoms with E-state index in [4.69, 9.17) is 4.74 Å². The van der Waals surface area contributed by atoms with Crippen molar-refractivity contribution in [3.8, 4) is 5.75 Å². The maximum Gasteiger partial charge on any atom is 0.407 e. The van der Waals surface area contributed by atoms with Crippen LogP contribution in [0.25, 0.3) is 0 Å². The Balaban J connectivity index is 1.56. The van der Waals surface area contributed by atoms with Crippen LogP contribution in [0.1, 0.15) is 41.5 Å². The first-order valence-electron chi connectivity index (χ1n) is 11.8. The molecule has 0 radical (unpaired) electrons. The topological polar surface area (TPSA) is 91.3 Å². The number of hydrogen-bond acceptors (Lipinski definition) is 6. The number of fused-ring (bicyclic) bond motifs is 1. The van der Waals surface area contributed by atoms with E-state index in [0.717, 1.165) is 29.7 Å². The van der Waals surface area contributed by atoms with Gasteiger partial charge in [-0.2, -0.15) is 0 Å². The first-order chi connectivity index (χ1) is 16.5. The first kappa shape index (κ1) is 24.0. The predicted molar refractivity (Wildman–Crippen MR) is 128 cm³/mol. The number of aliphatic hydroxyl groups is 1. The number of alkyl carbamates (subject to hydrolysis) is 1. The van der Waals surface area contributed by atoms with Crippen molar-refractivity contribution < 1.29 is 24.2 Å². The number of aliphatic hydroxyl groups excluding tert-OH is 1. The van der Waals surface area contributed by atoms with Crippen LogP contribution in [0.2, 0.25) is 0 Å². The Kier molecular flexibility index (Phi) is 7.70. The second-order valence-corrected chi connectivity index (χ2v) is 8.98. The molecule has 182 valence electrons. The molecule has 0 unspecified atom stereocenters. The quantitative estimate of drug-likeness (QED) is 0.651. The van der Waals surface area contributed by atoms with E-state index >= 15 is 0 Å². The standard InChI is InChI=1S/C26H33N3O5/c1-28(23(19-6-4-3-5-7-19)17-29-12-10-20(30)16-29)25(31)21-11-13-34-24-9-8-18(14-22(21)24)15-27-26(32)33-2/h3-9,14,20-21,23,30H,10-13,15-17H2,1-2H3,(H,27,32)/t20-,21+,23+/m0/s1. The molecule has 8 nitrogen and oxygen atoms in total. The summed E-state index contributed by atoms with van der Waals surface area (Å²) in [7, 11) is 3.19. The fourth-order valence-electron chi connectivity index (χ4n) is 4.81. The van der Waals surface area contributed by atoms with Gasteiger partial charge in [-0.05, 0) is 36.1 Å². The van der Waals surface area contributed by atoms with E-state index in [1.54, 1.807) is 0 Å². The van der Waals surface area contributed by atoms with E-state index in [0.29, 0.717) is 38.4 Å². The molecule has 2 amide bonds. The van der Waals surface area contributed by atoms with Gasteiger partial charge in [0, 0.05) is 38.8 Å². The monoisotopic (exact) mass is 467 g/mol. The molecule has 1 saturated heterocycles. The van der Waals surface area contributed by atoms with Crippen molar-refractivity contribution >= 4 is 12.0 Å². The molecule has 2 aliphatic heterocycles. The second kappa shape index (κ2) is 10.9. The summed E-state index contributed by atoms with van der Waals surface area (Å²) < 4.78 is 10.5. The second-order valence-electron chi connectivity index (χ2n) is 8.98. The Labute approximate surface area is 200 Å². The number of β-amino-alcohol motifs (C(OH)–C–C–N with tert-alkyl or cyclic N) is 1. The van der Waals surface area contributed by atoms with Gasteiger partial charge in [-0.25, -0.2) is 4.79 Å². The van der Waals surface area contributed by atoms with Gasteiger partial charge in [-0.1, -0.05) is 36.4 Å². The summed E-state index contributed by atoms with van der Waals surface area (Å²) in [5.74, 6) is 0.414. The molecule has 3 atom stereocenters. The number of amides is 2. The van der Waals surface area contributed by atoms with Crippen molar-refractivity contribution in [1.29, 1.82) is 0 Å². The summed E-state index contributed by atoms with van der Waals surface area (Å²) in [6.45, 7) is 2.90. The van der Waals surface area contributed by atoms with Crippen molar-refractivity contribution in [2.45, 2.75) is 37.5 Å². The van der Waals surface area contributed by atoms with Crippen LogP contribution in [0.4, 0.5) is 4.79 Å². The fraction of sp³-hybridized carbons (Fsp3) is 0.462. The molecule has 34 heavy (non-hydrogen) atoms. The molecule has 1 fully saturated rings. The van der Waals surface area contributed by atoms with Crippen molar-refractivity contribution in [2.24, 2.45) is 0 Å². The van der Waals surface area contributed by atoms with Gasteiger partial charge in [-0.15, -0.1) is 0 Å². The smallest absolute Gasteiger partial charge is 0.407 e. The lowest BCUT2D eigenvalue weighted by Crippen LogP contribution is -2.41. The van der Waals surface area contributed by atoms with Crippen molar-refractivity contribution in [3.05, 3.63) is 65.2 Å². The minimum absolute atomic E-state index is 0.0382. The lowest BCUT2D eigenvalue weighted by molar-refractivity contribution is -0.134. The molecule has 0 aliphatic carbocycles. The molecule has 0 bridgehead atoms. The summed E-state index contributed by atoms with van der Waals surface area (Å²) >= 11 is 0. The van der Waals surface area contributed by atoms with E-state index in [2.05, 4.69) is 27.1 Å². The molecule has 0 aromatic heterocycles. The van der Waals surface area contributed by atoms with Crippen molar-refractivity contribution in [1.82, 2.24) is 15.1 Å². The number of ether oxygens (including phenoxy) is 2. The normalized spacial score (nSPS) is 20.7. The van der Waals surface area contributed by atoms with Crippen LogP contribution in [0.5, 0.6) is 5.75 Å². The van der Waals surface area contributed by atoms with E-state index in [-0.39, 0.29) is 24.0 Å². The summed E-state index contributed by atoms with van der Waals surface area (Å²) in [5.41, 5.74) is 2.79. The number of nitrogens with zero attached hydrogens (tertiary/aromatic N) is 2. The average Bonchev–Trinajstić information content (AvgIpc) is 3.29. The Morgan fingerprint density at radius 1 is 1.24 bits per heavy atom. The zero-order valence-electron chi connectivity index (χ0n) is 19.8. The number of carbonyl (C=O) groups excluding carboxylic acids is 2. The van der Waals surface area contributed by atoms with Crippen LogP contribution in [0.3, 0.4) is 0 Å². The molecule has 2 heterocycles. The Hall–Kier alpha value is -3.10. The van der Waals surface area contributed by atoms with Crippen LogP contribution < -0.4 is 10.1 Å². The fourth-order valence-corrected chi connectivity index (χ4v) is 4.81. The van der Waals surface area contributed by atoms with Gasteiger partial charge in [0.1, 0.15) is 5.75 Å². The van der Waals surface area contributed by atoms with E-state index in [9.17, 15) is 14.7 Å². The molecule has 4 rings (SSSR count). The van der Waals surface area contributed by atoms with Crippen molar-refractivity contribution in [2.75, 3.05) is 40.4 Å². The number of hydrogen-bond donors (Lipinski definition) is 2. The first-order valence-corrected chi connectivity index (χ1v) is 11.8. The molecule has 0 saturated carbocycles. The molecular formula is C26H33N3O5. The predicted octanol–water partition coefficient (Wildman–Crippen LogP) is 2.68. The zero-order valence-corrected chi connectivity index (χ0v) is 19.8. The van der Waals surface area contributed by atoms with Gasteiger partial charge < -0.3 is 24.8 Å². The molecule has 0 spiro atoms. The minimum atomic E-state index is -0.501. The Morgan fingerprint density at radius 2 is 2.03 bits per heavy atom. The van der Waals surface area contributed by atoms with Gasteiger partial charge >= 0.3 is 6.09 Å². The lowest BCUT2D eigenvalue weighted by atomic mass is 9.89. The highest BCUT2D eigenvalue weighted by molar-refractivity contribution is 5.85. The number of nitrogens with one attached hydrogen (secondary N) is 1. The summed E-state index contributed by atoms with van der Waals surface area (Å²) in [4.78, 5) is 29.4. The van der Waals surface area contributed by atoms with Crippen LogP contribution in [-0.4, -0.2) is 73.4 Å². The highest BCUT2D eigenvalue weighted by Crippen LogP contribution is 2.37. The SMILES string of the molecule is COC(=O)NCc1ccc2c(c1)[C@H](C(=O)N(C)[C@H](CN1CC[C@H](O)C1)c1ccccc1)CCO2. The Morgan fingerprint density at radius 3 is 2.74 bits per heavy atom. The third-order valence-corrected chi connectivity index (χ3v) is 6.71. The van der Waals surface area contributed by atoms with E-state index in [1.165, 1.54) is 7.11 Å². The lowest BCUT2D eigenvalue weighted by Gasteiger charge is -2.36. The minimum Gasteiger partial charge on any atom is -0.493 e. The zero-order chi connectivity index (χ0) is 24.1. The van der Waals surface area contributed by atoms with Gasteiger partial charge in [0.2, 0.25) is 5.91 Å². The molecule has 8 heteroatoms. The molecule has 2 aromatic rings. The van der Waals surface area contributed by atoms with Crippen molar-refractivity contribution in [3.63, 3.8) is 0 Å². The number of likely N-dealkylation sites (tertiary alicyclic amines) is 1. The maximum atomic E-state index is 13.9. The van der Waals surface area contributed by atoms with Gasteiger partial charge in [0.25, 0.3) is 0 Å². The largest absolute Gasteiger partial charge is 0.493 e. The molecule has 2 aromatic carbocycles. The van der Waals surface area contributed by atoms with E-state index in [1.807, 2.05) is 48.3 Å². The van der Waals surface area contributed by atoms with Crippen LogP contribution in [0, 0.1) is 0 Å². The summed E-state index contributed by atoms with van der Waals surface area (Å²) in [6, 6.07) is 15.6. The summed E-state index contributed by atoms with van der Waals surface area (Å²) in [6.07, 6.45) is 0.541. The highest BCUT2D eigenvalue weighted by Gasteiger charge is 2.34. The number of rotatable bonds is 7. The number of benzene rings is 2. The van der Waals surface area contributed by atoms with Gasteiger partial charge in [0.05, 0.1) is 31.8 Å².